The third-order valence-corrected chi connectivity index (χ3v) is 2.62. The van der Waals surface area contributed by atoms with Crippen molar-refractivity contribution in [1.29, 1.82) is 0 Å². The Hall–Kier alpha value is -0.850. The fourth-order valence-corrected chi connectivity index (χ4v) is 1.80. The Labute approximate surface area is 86.9 Å². The Morgan fingerprint density at radius 1 is 1.29 bits per heavy atom. The number of allylic oxidation sites excluding steroid dienone is 4. The lowest BCUT2D eigenvalue weighted by Crippen LogP contribution is -2.06. The van der Waals surface area contributed by atoms with Gasteiger partial charge in [0.15, 0.2) is 5.78 Å². The molecule has 0 radical (unpaired) electrons. The average Bonchev–Trinajstić information content (AvgIpc) is 2.81. The highest BCUT2D eigenvalue weighted by molar-refractivity contribution is 5.94. The first-order valence-corrected chi connectivity index (χ1v) is 5.42. The van der Waals surface area contributed by atoms with Crippen LogP contribution in [0.4, 0.5) is 0 Å². The van der Waals surface area contributed by atoms with E-state index in [0.717, 1.165) is 17.1 Å². The van der Waals surface area contributed by atoms with E-state index in [1.807, 2.05) is 6.92 Å². The molecule has 1 aliphatic carbocycles. The van der Waals surface area contributed by atoms with Crippen molar-refractivity contribution in [3.63, 3.8) is 0 Å². The zero-order valence-corrected chi connectivity index (χ0v) is 9.63. The second-order valence-electron chi connectivity index (χ2n) is 4.50. The third kappa shape index (κ3) is 3.13. The molecule has 1 aliphatic rings. The molecule has 0 heterocycles. The van der Waals surface area contributed by atoms with Gasteiger partial charge < -0.3 is 0 Å². The zero-order valence-electron chi connectivity index (χ0n) is 9.63. The second kappa shape index (κ2) is 4.59. The van der Waals surface area contributed by atoms with E-state index in [1.54, 1.807) is 6.92 Å². The number of carbonyl (C=O) groups is 1. The maximum atomic E-state index is 11.4. The SMILES string of the molecule is CC(=O)C(=C(C)C=CC1CC1)C(C)C. The van der Waals surface area contributed by atoms with Crippen molar-refractivity contribution in [1.82, 2.24) is 0 Å². The van der Waals surface area contributed by atoms with Gasteiger partial charge in [-0.25, -0.2) is 0 Å². The number of ketones is 1. The summed E-state index contributed by atoms with van der Waals surface area (Å²) in [6.45, 7) is 7.84. The van der Waals surface area contributed by atoms with Gasteiger partial charge in [0, 0.05) is 5.57 Å². The van der Waals surface area contributed by atoms with Crippen LogP contribution in [-0.2, 0) is 4.79 Å². The highest BCUT2D eigenvalue weighted by Crippen LogP contribution is 2.31. The molecule has 0 unspecified atom stereocenters. The summed E-state index contributed by atoms with van der Waals surface area (Å²) < 4.78 is 0. The molecule has 0 bridgehead atoms. The molecule has 1 heteroatoms. The highest BCUT2D eigenvalue weighted by atomic mass is 16.1. The highest BCUT2D eigenvalue weighted by Gasteiger charge is 2.17. The van der Waals surface area contributed by atoms with E-state index >= 15 is 0 Å². The minimum absolute atomic E-state index is 0.206. The molecule has 0 spiro atoms. The van der Waals surface area contributed by atoms with Gasteiger partial charge >= 0.3 is 0 Å². The van der Waals surface area contributed by atoms with Crippen molar-refractivity contribution in [3.05, 3.63) is 23.3 Å². The fourth-order valence-electron chi connectivity index (χ4n) is 1.80. The number of carbonyl (C=O) groups excluding carboxylic acids is 1. The van der Waals surface area contributed by atoms with Gasteiger partial charge in [0.1, 0.15) is 0 Å². The van der Waals surface area contributed by atoms with Gasteiger partial charge in [0.2, 0.25) is 0 Å². The van der Waals surface area contributed by atoms with Crippen LogP contribution in [0.1, 0.15) is 40.5 Å². The first kappa shape index (κ1) is 11.2. The van der Waals surface area contributed by atoms with Gasteiger partial charge in [-0.05, 0) is 44.1 Å². The molecule has 78 valence electrons. The number of Topliss-reactive ketones (excluding diaryl/α,β-unsaturated/α-hetero) is 1. The minimum Gasteiger partial charge on any atom is -0.295 e. The summed E-state index contributed by atoms with van der Waals surface area (Å²) in [5.41, 5.74) is 2.11. The molecule has 0 saturated heterocycles. The number of rotatable bonds is 4. The van der Waals surface area contributed by atoms with Gasteiger partial charge in [0.05, 0.1) is 0 Å². The van der Waals surface area contributed by atoms with Crippen LogP contribution in [0, 0.1) is 11.8 Å². The fraction of sp³-hybridized carbons (Fsp3) is 0.615. The second-order valence-corrected chi connectivity index (χ2v) is 4.50. The van der Waals surface area contributed by atoms with Crippen LogP contribution in [-0.4, -0.2) is 5.78 Å². The zero-order chi connectivity index (χ0) is 10.7. The molecule has 0 aromatic heterocycles. The lowest BCUT2D eigenvalue weighted by molar-refractivity contribution is -0.114. The van der Waals surface area contributed by atoms with Gasteiger partial charge in [-0.1, -0.05) is 26.0 Å². The van der Waals surface area contributed by atoms with Gasteiger partial charge in [-0.3, -0.25) is 4.79 Å². The molecular weight excluding hydrogens is 172 g/mol. The topological polar surface area (TPSA) is 17.1 Å². The first-order valence-electron chi connectivity index (χ1n) is 5.42. The van der Waals surface area contributed by atoms with E-state index in [0.29, 0.717) is 5.92 Å². The third-order valence-electron chi connectivity index (χ3n) is 2.62. The lowest BCUT2D eigenvalue weighted by Gasteiger charge is -2.10. The van der Waals surface area contributed by atoms with Crippen molar-refractivity contribution in [3.8, 4) is 0 Å². The Kier molecular flexibility index (Phi) is 3.68. The van der Waals surface area contributed by atoms with E-state index < -0.39 is 0 Å². The van der Waals surface area contributed by atoms with Crippen LogP contribution in [0.25, 0.3) is 0 Å². The van der Waals surface area contributed by atoms with Crippen LogP contribution in [0.5, 0.6) is 0 Å². The Balaban J connectivity index is 2.78. The molecule has 0 aromatic rings. The molecule has 0 amide bonds. The standard InChI is InChI=1S/C13H20O/c1-9(2)13(11(4)14)10(3)5-6-12-7-8-12/h5-6,9,12H,7-8H2,1-4H3. The van der Waals surface area contributed by atoms with Crippen molar-refractivity contribution in [2.45, 2.75) is 40.5 Å². The quantitative estimate of drug-likeness (QED) is 0.492. The largest absolute Gasteiger partial charge is 0.295 e. The van der Waals surface area contributed by atoms with Crippen LogP contribution in [0.3, 0.4) is 0 Å². The molecule has 0 atom stereocenters. The molecule has 1 saturated carbocycles. The molecule has 0 aromatic carbocycles. The molecule has 1 fully saturated rings. The molecule has 1 nitrogen and oxygen atoms in total. The summed E-state index contributed by atoms with van der Waals surface area (Å²) in [6.07, 6.45) is 7.00. The van der Waals surface area contributed by atoms with Crippen molar-refractivity contribution < 1.29 is 4.79 Å². The van der Waals surface area contributed by atoms with Crippen LogP contribution in [0.15, 0.2) is 23.3 Å². The van der Waals surface area contributed by atoms with Gasteiger partial charge in [-0.15, -0.1) is 0 Å². The van der Waals surface area contributed by atoms with Crippen LogP contribution < -0.4 is 0 Å². The summed E-state index contributed by atoms with van der Waals surface area (Å²) in [6, 6.07) is 0. The Bertz CT molecular complexity index is 278. The Morgan fingerprint density at radius 2 is 1.86 bits per heavy atom. The van der Waals surface area contributed by atoms with Crippen molar-refractivity contribution in [2.24, 2.45) is 11.8 Å². The monoisotopic (exact) mass is 192 g/mol. The summed E-state index contributed by atoms with van der Waals surface area (Å²) >= 11 is 0. The van der Waals surface area contributed by atoms with Crippen molar-refractivity contribution in [2.75, 3.05) is 0 Å². The van der Waals surface area contributed by atoms with E-state index in [4.69, 9.17) is 0 Å². The van der Waals surface area contributed by atoms with E-state index in [-0.39, 0.29) is 5.78 Å². The molecular formula is C13H20O. The summed E-state index contributed by atoms with van der Waals surface area (Å²) in [4.78, 5) is 11.4. The molecule has 0 aliphatic heterocycles. The minimum atomic E-state index is 0.206. The number of hydrogen-bond donors (Lipinski definition) is 0. The maximum Gasteiger partial charge on any atom is 0.156 e. The predicted octanol–water partition coefficient (Wildman–Crippen LogP) is 3.51. The molecule has 14 heavy (non-hydrogen) atoms. The summed E-state index contributed by atoms with van der Waals surface area (Å²) in [5, 5.41) is 0. The van der Waals surface area contributed by atoms with Crippen molar-refractivity contribution >= 4 is 5.78 Å². The van der Waals surface area contributed by atoms with Crippen LogP contribution >= 0.6 is 0 Å². The maximum absolute atomic E-state index is 11.4. The molecule has 1 rings (SSSR count). The van der Waals surface area contributed by atoms with E-state index in [2.05, 4.69) is 26.0 Å². The number of hydrogen-bond acceptors (Lipinski definition) is 1. The van der Waals surface area contributed by atoms with E-state index in [9.17, 15) is 4.79 Å². The molecule has 0 N–H and O–H groups in total. The van der Waals surface area contributed by atoms with Gasteiger partial charge in [-0.2, -0.15) is 0 Å². The summed E-state index contributed by atoms with van der Waals surface area (Å²) in [7, 11) is 0. The average molecular weight is 192 g/mol. The van der Waals surface area contributed by atoms with Crippen LogP contribution in [0.2, 0.25) is 0 Å². The van der Waals surface area contributed by atoms with Gasteiger partial charge in [0.25, 0.3) is 0 Å². The van der Waals surface area contributed by atoms with E-state index in [1.165, 1.54) is 12.8 Å². The first-order chi connectivity index (χ1) is 6.52. The Morgan fingerprint density at radius 3 is 2.21 bits per heavy atom. The lowest BCUT2D eigenvalue weighted by atomic mass is 9.94. The normalized spacial score (nSPS) is 18.9. The predicted molar refractivity (Wildman–Crippen MR) is 60.1 cm³/mol. The summed E-state index contributed by atoms with van der Waals surface area (Å²) in [5.74, 6) is 1.32. The smallest absolute Gasteiger partial charge is 0.156 e.